The van der Waals surface area contributed by atoms with E-state index in [-0.39, 0.29) is 29.2 Å². The molecule has 0 bridgehead atoms. The van der Waals surface area contributed by atoms with Crippen molar-refractivity contribution in [3.8, 4) is 5.75 Å². The maximum absolute atomic E-state index is 14.3. The van der Waals surface area contributed by atoms with E-state index in [9.17, 15) is 22.4 Å². The lowest BCUT2D eigenvalue weighted by atomic mass is 9.76. The highest BCUT2D eigenvalue weighted by atomic mass is 19.4. The number of aromatic nitrogens is 4. The topological polar surface area (TPSA) is 90.6 Å². The third kappa shape index (κ3) is 3.85. The van der Waals surface area contributed by atoms with Gasteiger partial charge in [-0.25, -0.2) is 8.91 Å². The summed E-state index contributed by atoms with van der Waals surface area (Å²) < 4.78 is 69.0. The van der Waals surface area contributed by atoms with Gasteiger partial charge < -0.3 is 14.8 Å². The Labute approximate surface area is 192 Å². The van der Waals surface area contributed by atoms with Crippen LogP contribution in [0.25, 0.3) is 5.65 Å². The molecule has 1 amide bonds. The number of tetrazole rings is 1. The smallest absolute Gasteiger partial charge is 0.417 e. The van der Waals surface area contributed by atoms with Crippen LogP contribution >= 0.6 is 0 Å². The monoisotopic (exact) mass is 481 g/mol. The van der Waals surface area contributed by atoms with Gasteiger partial charge in [-0.15, -0.1) is 5.10 Å². The fourth-order valence-electron chi connectivity index (χ4n) is 4.34. The van der Waals surface area contributed by atoms with Crippen LogP contribution in [-0.4, -0.2) is 50.4 Å². The minimum atomic E-state index is -4.76. The van der Waals surface area contributed by atoms with E-state index < -0.39 is 41.4 Å². The molecule has 1 N–H and O–H groups in total. The van der Waals surface area contributed by atoms with Gasteiger partial charge in [-0.3, -0.25) is 4.79 Å². The number of pyridine rings is 1. The predicted molar refractivity (Wildman–Crippen MR) is 113 cm³/mol. The Morgan fingerprint density at radius 1 is 1.32 bits per heavy atom. The largest absolute Gasteiger partial charge is 0.493 e. The number of ether oxygens (including phenoxy) is 2. The molecule has 1 aliphatic rings. The number of rotatable bonds is 5. The normalized spacial score (nSPS) is 25.0. The van der Waals surface area contributed by atoms with Gasteiger partial charge in [0.1, 0.15) is 17.7 Å². The fraction of sp³-hybridized carbons (Fsp3) is 0.455. The van der Waals surface area contributed by atoms with Gasteiger partial charge in [-0.05, 0) is 43.3 Å². The minimum Gasteiger partial charge on any atom is -0.493 e. The van der Waals surface area contributed by atoms with Crippen LogP contribution in [-0.2, 0) is 9.53 Å². The van der Waals surface area contributed by atoms with Gasteiger partial charge >= 0.3 is 6.18 Å². The maximum Gasteiger partial charge on any atom is 0.417 e. The first-order valence-corrected chi connectivity index (χ1v) is 10.6. The highest BCUT2D eigenvalue weighted by Crippen LogP contribution is 2.55. The van der Waals surface area contributed by atoms with Crippen LogP contribution in [0.4, 0.5) is 23.2 Å². The summed E-state index contributed by atoms with van der Waals surface area (Å²) in [6, 6.07) is 5.49. The summed E-state index contributed by atoms with van der Waals surface area (Å²) in [6.45, 7) is 5.61. The zero-order chi connectivity index (χ0) is 24.8. The van der Waals surface area contributed by atoms with Crippen molar-refractivity contribution in [1.82, 2.24) is 20.0 Å². The number of hydrogen-bond donors (Lipinski definition) is 1. The maximum atomic E-state index is 14.3. The second-order valence-corrected chi connectivity index (χ2v) is 8.37. The van der Waals surface area contributed by atoms with Crippen molar-refractivity contribution in [1.29, 1.82) is 0 Å². The third-order valence-electron chi connectivity index (χ3n) is 6.41. The molecular formula is C22H23F4N5O3. The van der Waals surface area contributed by atoms with E-state index in [2.05, 4.69) is 20.8 Å². The minimum absolute atomic E-state index is 0.114. The van der Waals surface area contributed by atoms with Crippen molar-refractivity contribution in [2.45, 2.75) is 51.5 Å². The number of benzene rings is 1. The number of hydrogen-bond acceptors (Lipinski definition) is 6. The van der Waals surface area contributed by atoms with E-state index in [0.29, 0.717) is 5.65 Å². The Kier molecular flexibility index (Phi) is 5.96. The number of carbonyl (C=O) groups is 1. The van der Waals surface area contributed by atoms with E-state index in [1.165, 1.54) is 42.8 Å². The first-order chi connectivity index (χ1) is 16.0. The van der Waals surface area contributed by atoms with E-state index in [1.54, 1.807) is 6.92 Å². The number of anilines is 1. The SMILES string of the molecule is CCOc1c([C@H]2[C@H](C(=O)Nc3ccn4nnnc4c3)O[C@@](C)(C(F)(F)F)[C@H]2C)ccc(F)c1C. The van der Waals surface area contributed by atoms with Crippen molar-refractivity contribution in [2.24, 2.45) is 5.92 Å². The Hall–Kier alpha value is -3.28. The van der Waals surface area contributed by atoms with Crippen molar-refractivity contribution in [3.63, 3.8) is 0 Å². The molecule has 12 heteroatoms. The Balaban J connectivity index is 1.77. The molecule has 0 spiro atoms. The fourth-order valence-corrected chi connectivity index (χ4v) is 4.34. The lowest BCUT2D eigenvalue weighted by molar-refractivity contribution is -0.272. The van der Waals surface area contributed by atoms with Crippen LogP contribution in [0.2, 0.25) is 0 Å². The lowest BCUT2D eigenvalue weighted by Gasteiger charge is -2.32. The number of nitrogens with one attached hydrogen (secondary N) is 1. The Bertz CT molecular complexity index is 1230. The molecule has 4 atom stereocenters. The molecule has 0 unspecified atom stereocenters. The molecule has 0 radical (unpaired) electrons. The number of alkyl halides is 3. The van der Waals surface area contributed by atoms with Crippen LogP contribution in [0, 0.1) is 18.7 Å². The third-order valence-corrected chi connectivity index (χ3v) is 6.41. The molecule has 3 heterocycles. The average Bonchev–Trinajstić information content (AvgIpc) is 3.34. The highest BCUT2D eigenvalue weighted by Gasteiger charge is 2.65. The zero-order valence-corrected chi connectivity index (χ0v) is 18.9. The molecule has 4 rings (SSSR count). The number of nitrogens with zero attached hydrogens (tertiary/aromatic N) is 4. The molecule has 1 aliphatic heterocycles. The molecule has 1 aromatic carbocycles. The van der Waals surface area contributed by atoms with Crippen LogP contribution < -0.4 is 10.1 Å². The molecule has 182 valence electrons. The average molecular weight is 481 g/mol. The van der Waals surface area contributed by atoms with Gasteiger partial charge in [-0.2, -0.15) is 13.2 Å². The summed E-state index contributed by atoms with van der Waals surface area (Å²) in [5.41, 5.74) is -1.58. The summed E-state index contributed by atoms with van der Waals surface area (Å²) in [5.74, 6) is -3.48. The van der Waals surface area contributed by atoms with Crippen molar-refractivity contribution in [2.75, 3.05) is 11.9 Å². The van der Waals surface area contributed by atoms with Gasteiger partial charge in [0.15, 0.2) is 11.2 Å². The zero-order valence-electron chi connectivity index (χ0n) is 18.9. The summed E-state index contributed by atoms with van der Waals surface area (Å²) in [6.07, 6.45) is -4.79. The molecular weight excluding hydrogens is 458 g/mol. The highest BCUT2D eigenvalue weighted by molar-refractivity contribution is 5.95. The van der Waals surface area contributed by atoms with E-state index in [4.69, 9.17) is 9.47 Å². The van der Waals surface area contributed by atoms with E-state index in [1.807, 2.05) is 0 Å². The van der Waals surface area contributed by atoms with E-state index >= 15 is 0 Å². The predicted octanol–water partition coefficient (Wildman–Crippen LogP) is 4.05. The summed E-state index contributed by atoms with van der Waals surface area (Å²) in [7, 11) is 0. The number of amides is 1. The second kappa shape index (κ2) is 8.49. The molecule has 2 aromatic heterocycles. The van der Waals surface area contributed by atoms with Crippen LogP contribution in [0.3, 0.4) is 0 Å². The van der Waals surface area contributed by atoms with Gasteiger partial charge in [0, 0.05) is 40.9 Å². The quantitative estimate of drug-likeness (QED) is 0.553. The molecule has 1 fully saturated rings. The van der Waals surface area contributed by atoms with Crippen molar-refractivity contribution < 1.29 is 31.8 Å². The molecule has 8 nitrogen and oxygen atoms in total. The first kappa shape index (κ1) is 23.9. The number of carbonyl (C=O) groups excluding carboxylic acids is 1. The van der Waals surface area contributed by atoms with Gasteiger partial charge in [0.2, 0.25) is 0 Å². The Morgan fingerprint density at radius 3 is 2.74 bits per heavy atom. The van der Waals surface area contributed by atoms with Crippen LogP contribution in [0.15, 0.2) is 30.5 Å². The molecule has 3 aromatic rings. The first-order valence-electron chi connectivity index (χ1n) is 10.6. The van der Waals surface area contributed by atoms with Gasteiger partial charge in [-0.1, -0.05) is 13.0 Å². The number of fused-ring (bicyclic) bond motifs is 1. The standard InChI is InChI=1S/C22H23F4N5O3/c1-5-33-18-11(2)15(23)7-6-14(18)17-12(3)21(4,22(24,25)26)34-19(17)20(32)27-13-8-9-31-16(10-13)28-29-30-31/h6-10,12,17,19H,5H2,1-4H3,(H,27,32)/t12-,17-,19+,21+/m0/s1. The summed E-state index contributed by atoms with van der Waals surface area (Å²) in [5, 5.41) is 13.6. The number of halogens is 4. The second-order valence-electron chi connectivity index (χ2n) is 8.37. The molecule has 0 saturated carbocycles. The van der Waals surface area contributed by atoms with Gasteiger partial charge in [0.05, 0.1) is 6.61 Å². The summed E-state index contributed by atoms with van der Waals surface area (Å²) >= 11 is 0. The lowest BCUT2D eigenvalue weighted by Crippen LogP contribution is -2.47. The Morgan fingerprint density at radius 2 is 2.06 bits per heavy atom. The van der Waals surface area contributed by atoms with Crippen molar-refractivity contribution >= 4 is 17.2 Å². The summed E-state index contributed by atoms with van der Waals surface area (Å²) in [4.78, 5) is 13.3. The van der Waals surface area contributed by atoms with Crippen LogP contribution in [0.5, 0.6) is 5.75 Å². The van der Waals surface area contributed by atoms with E-state index in [0.717, 1.165) is 13.0 Å². The van der Waals surface area contributed by atoms with Crippen molar-refractivity contribution in [3.05, 3.63) is 47.4 Å². The van der Waals surface area contributed by atoms with Gasteiger partial charge in [0.25, 0.3) is 5.91 Å². The molecule has 34 heavy (non-hydrogen) atoms. The molecule has 0 aliphatic carbocycles. The molecule has 1 saturated heterocycles. The van der Waals surface area contributed by atoms with Crippen LogP contribution in [0.1, 0.15) is 37.8 Å².